The molecule has 15 heteroatoms. The minimum absolute atomic E-state index is 0.0372. The van der Waals surface area contributed by atoms with Gasteiger partial charge < -0.3 is 39.6 Å². The summed E-state index contributed by atoms with van der Waals surface area (Å²) in [6.07, 6.45) is 4.44. The van der Waals surface area contributed by atoms with Crippen molar-refractivity contribution in [1.82, 2.24) is 5.32 Å². The summed E-state index contributed by atoms with van der Waals surface area (Å²) in [6.45, 7) is 1.22. The molecule has 45 heavy (non-hydrogen) atoms. The number of benzene rings is 1. The molecule has 2 aliphatic rings. The number of carboxylic acids is 1. The maximum Gasteiger partial charge on any atom is 0.397 e. The highest BCUT2D eigenvalue weighted by atomic mass is 32.3. The van der Waals surface area contributed by atoms with Crippen LogP contribution in [-0.2, 0) is 43.1 Å². The quantitative estimate of drug-likeness (QED) is 0.0851. The maximum absolute atomic E-state index is 13.2. The maximum atomic E-state index is 13.2. The molecule has 1 aromatic carbocycles. The summed E-state index contributed by atoms with van der Waals surface area (Å²) in [6, 6.07) is 9.86. The summed E-state index contributed by atoms with van der Waals surface area (Å²) >= 11 is 0. The average molecular weight is 658 g/mol. The van der Waals surface area contributed by atoms with Gasteiger partial charge in [-0.25, -0.2) is 8.98 Å². The van der Waals surface area contributed by atoms with Crippen molar-refractivity contribution in [1.29, 1.82) is 0 Å². The third kappa shape index (κ3) is 12.9. The van der Waals surface area contributed by atoms with Gasteiger partial charge in [0.2, 0.25) is 5.91 Å². The molecule has 3 rings (SSSR count). The Labute approximate surface area is 262 Å². The number of carboxylic acid groups (broad SMARTS) is 1. The molecule has 5 N–H and O–H groups in total. The summed E-state index contributed by atoms with van der Waals surface area (Å²) < 4.78 is 56.5. The fourth-order valence-corrected chi connectivity index (χ4v) is 5.59. The van der Waals surface area contributed by atoms with Gasteiger partial charge in [0, 0.05) is 18.4 Å². The Morgan fingerprint density at radius 3 is 2.49 bits per heavy atom. The van der Waals surface area contributed by atoms with Crippen LogP contribution in [0.5, 0.6) is 0 Å². The Bertz CT molecular complexity index is 1230. The zero-order valence-corrected chi connectivity index (χ0v) is 25.9. The number of rotatable bonds is 18. The van der Waals surface area contributed by atoms with E-state index in [4.69, 9.17) is 28.6 Å². The Hall–Kier alpha value is -2.73. The fourth-order valence-electron chi connectivity index (χ4n) is 5.28. The van der Waals surface area contributed by atoms with Gasteiger partial charge in [0.15, 0.2) is 6.29 Å². The molecule has 1 heterocycles. The number of carbonyl (C=O) groups is 2. The lowest BCUT2D eigenvalue weighted by Gasteiger charge is -2.40. The molecule has 1 saturated heterocycles. The van der Waals surface area contributed by atoms with E-state index >= 15 is 0 Å². The van der Waals surface area contributed by atoms with Crippen LogP contribution < -0.4 is 5.32 Å². The topological polar surface area (TPSA) is 207 Å². The predicted octanol–water partition coefficient (Wildman–Crippen LogP) is 1.05. The van der Waals surface area contributed by atoms with Crippen LogP contribution >= 0.6 is 0 Å². The third-order valence-corrected chi connectivity index (χ3v) is 8.09. The highest BCUT2D eigenvalue weighted by Crippen LogP contribution is 2.38. The molecule has 1 aromatic rings. The number of hydrogen-bond donors (Lipinski definition) is 5. The number of ether oxygens (including phenoxy) is 4. The summed E-state index contributed by atoms with van der Waals surface area (Å²) in [5.41, 5.74) is 1.06. The number of amides is 1. The fraction of sp³-hybridized carbons (Fsp3) is 0.600. The van der Waals surface area contributed by atoms with E-state index in [1.165, 1.54) is 6.92 Å². The number of aliphatic carboxylic acids is 1. The molecule has 0 aromatic heterocycles. The minimum atomic E-state index is -4.76. The predicted molar refractivity (Wildman–Crippen MR) is 160 cm³/mol. The van der Waals surface area contributed by atoms with Gasteiger partial charge in [-0.15, -0.1) is 0 Å². The van der Waals surface area contributed by atoms with E-state index < -0.39 is 53.5 Å². The highest BCUT2D eigenvalue weighted by molar-refractivity contribution is 7.80. The molecule has 14 nitrogen and oxygen atoms in total. The number of aliphatic hydroxyl groups is 2. The Morgan fingerprint density at radius 1 is 1.04 bits per heavy atom. The first-order chi connectivity index (χ1) is 21.4. The first-order valence-electron chi connectivity index (χ1n) is 14.7. The largest absolute Gasteiger partial charge is 0.480 e. The van der Waals surface area contributed by atoms with Gasteiger partial charge in [0.25, 0.3) is 0 Å². The van der Waals surface area contributed by atoms with E-state index in [9.17, 15) is 28.2 Å². The Balaban J connectivity index is 1.51. The number of aliphatic hydroxyl groups excluding tert-OH is 2. The summed E-state index contributed by atoms with van der Waals surface area (Å²) in [5.74, 6) is -2.17. The minimum Gasteiger partial charge on any atom is -0.480 e. The van der Waals surface area contributed by atoms with Crippen LogP contribution in [0.15, 0.2) is 48.6 Å². The van der Waals surface area contributed by atoms with Crippen molar-refractivity contribution in [3.05, 3.63) is 54.1 Å². The van der Waals surface area contributed by atoms with Crippen molar-refractivity contribution in [2.45, 2.75) is 44.4 Å². The summed E-state index contributed by atoms with van der Waals surface area (Å²) in [7, 11) is -4.76. The lowest BCUT2D eigenvalue weighted by Crippen LogP contribution is -2.55. The van der Waals surface area contributed by atoms with Gasteiger partial charge in [-0.05, 0) is 30.2 Å². The first kappa shape index (κ1) is 36.7. The second kappa shape index (κ2) is 18.4. The van der Waals surface area contributed by atoms with E-state index in [0.717, 1.165) is 12.0 Å². The van der Waals surface area contributed by atoms with Crippen LogP contribution in [0.3, 0.4) is 0 Å². The van der Waals surface area contributed by atoms with Crippen molar-refractivity contribution in [3.8, 4) is 0 Å². The zero-order chi connectivity index (χ0) is 32.8. The zero-order valence-electron chi connectivity index (χ0n) is 25.1. The normalized spacial score (nSPS) is 29.0. The standard InChI is InChI=1S/C30H43NO13S/c1-20-27(34)25(18-43-45(37,38)39)44-30(28(20)35)42-13-11-31-29(36)24-17-22(10-9-21-6-3-2-4-7-21)16-23(24)8-5-12-40-14-15-41-19-26(32)33/h2-10,20,22-25,27-28,30,34-35H,11-19H2,1H3,(H,31,36)(H,32,33)(H,37,38,39). The number of nitrogens with one attached hydrogen (secondary N) is 1. The van der Waals surface area contributed by atoms with Crippen molar-refractivity contribution >= 4 is 28.4 Å². The van der Waals surface area contributed by atoms with Crippen LogP contribution in [0, 0.1) is 23.7 Å². The molecule has 0 radical (unpaired) electrons. The number of carbonyl (C=O) groups excluding carboxylic acids is 1. The van der Waals surface area contributed by atoms with E-state index in [1.54, 1.807) is 0 Å². The molecule has 1 aliphatic heterocycles. The van der Waals surface area contributed by atoms with Gasteiger partial charge in [0.05, 0.1) is 39.1 Å². The van der Waals surface area contributed by atoms with Crippen molar-refractivity contribution in [2.75, 3.05) is 46.2 Å². The highest BCUT2D eigenvalue weighted by Gasteiger charge is 2.43. The van der Waals surface area contributed by atoms with Crippen molar-refractivity contribution < 1.29 is 61.0 Å². The van der Waals surface area contributed by atoms with E-state index in [2.05, 4.69) is 15.6 Å². The Kier molecular flexibility index (Phi) is 15.0. The van der Waals surface area contributed by atoms with E-state index in [-0.39, 0.29) is 63.2 Å². The molecule has 0 spiro atoms. The van der Waals surface area contributed by atoms with Crippen molar-refractivity contribution in [3.63, 3.8) is 0 Å². The molecule has 1 amide bonds. The number of allylic oxidation sites excluding steroid dienone is 2. The molecular formula is C30H43NO13S. The molecule has 252 valence electrons. The van der Waals surface area contributed by atoms with Crippen LogP contribution in [0.4, 0.5) is 0 Å². The van der Waals surface area contributed by atoms with Crippen molar-refractivity contribution in [2.24, 2.45) is 23.7 Å². The lowest BCUT2D eigenvalue weighted by atomic mass is 9.91. The molecule has 1 saturated carbocycles. The third-order valence-electron chi connectivity index (χ3n) is 7.65. The van der Waals surface area contributed by atoms with Gasteiger partial charge in [-0.2, -0.15) is 8.42 Å². The average Bonchev–Trinajstić information content (AvgIpc) is 3.41. The number of hydrogen-bond acceptors (Lipinski definition) is 11. The molecular weight excluding hydrogens is 614 g/mol. The SMILES string of the molecule is CC1C(O)C(COS(=O)(=O)O)OC(OCCNC(=O)C2CC(C=Cc3ccccc3)CC2C=CCOCCOCC(=O)O)C1O. The molecule has 8 atom stereocenters. The first-order valence-corrected chi connectivity index (χ1v) is 16.1. The molecule has 1 aliphatic carbocycles. The van der Waals surface area contributed by atoms with Crippen LogP contribution in [0.1, 0.15) is 25.3 Å². The van der Waals surface area contributed by atoms with Crippen LogP contribution in [-0.4, -0.2) is 111 Å². The van der Waals surface area contributed by atoms with Gasteiger partial charge in [-0.3, -0.25) is 9.35 Å². The van der Waals surface area contributed by atoms with E-state index in [0.29, 0.717) is 6.42 Å². The summed E-state index contributed by atoms with van der Waals surface area (Å²) in [5, 5.41) is 32.2. The van der Waals surface area contributed by atoms with E-state index in [1.807, 2.05) is 48.6 Å². The van der Waals surface area contributed by atoms with Crippen LogP contribution in [0.25, 0.3) is 6.08 Å². The monoisotopic (exact) mass is 657 g/mol. The molecule has 0 bridgehead atoms. The molecule has 2 fully saturated rings. The second-order valence-corrected chi connectivity index (χ2v) is 12.1. The Morgan fingerprint density at radius 2 is 1.78 bits per heavy atom. The lowest BCUT2D eigenvalue weighted by molar-refractivity contribution is -0.285. The van der Waals surface area contributed by atoms with Crippen LogP contribution in [0.2, 0.25) is 0 Å². The smallest absolute Gasteiger partial charge is 0.397 e. The second-order valence-electron chi connectivity index (χ2n) is 11.0. The molecule has 8 unspecified atom stereocenters. The summed E-state index contributed by atoms with van der Waals surface area (Å²) in [4.78, 5) is 23.7. The van der Waals surface area contributed by atoms with Gasteiger partial charge in [0.1, 0.15) is 18.8 Å². The van der Waals surface area contributed by atoms with Gasteiger partial charge in [-0.1, -0.05) is 61.6 Å². The van der Waals surface area contributed by atoms with Gasteiger partial charge >= 0.3 is 16.4 Å².